The second-order valence-corrected chi connectivity index (χ2v) is 7.44. The topological polar surface area (TPSA) is 44.4 Å². The normalized spacial score (nSPS) is 12.7. The Kier molecular flexibility index (Phi) is 3.77. The molecule has 5 aromatic rings. The van der Waals surface area contributed by atoms with E-state index in [9.17, 15) is 13.2 Å². The molecule has 0 fully saturated rings. The van der Waals surface area contributed by atoms with Crippen LogP contribution in [-0.2, 0) is 13.2 Å². The van der Waals surface area contributed by atoms with Gasteiger partial charge in [0.25, 0.3) is 0 Å². The van der Waals surface area contributed by atoms with E-state index in [0.717, 1.165) is 12.1 Å². The smallest absolute Gasteiger partial charge is 0.416 e. The summed E-state index contributed by atoms with van der Waals surface area (Å²) in [7, 11) is 3.08. The number of nitrogens with zero attached hydrogens (tertiary/aromatic N) is 4. The zero-order chi connectivity index (χ0) is 21.5. The summed E-state index contributed by atoms with van der Waals surface area (Å²) in [5, 5.41) is 5.46. The fraction of sp³-hybridized carbons (Fsp3) is 0.200. The summed E-state index contributed by atoms with van der Waals surface area (Å²) in [6, 6.07) is 4.65. The van der Waals surface area contributed by atoms with Crippen molar-refractivity contribution in [2.75, 3.05) is 7.11 Å². The molecule has 2 aromatic carbocycles. The van der Waals surface area contributed by atoms with E-state index in [4.69, 9.17) is 16.3 Å². The number of imidazole rings is 1. The van der Waals surface area contributed by atoms with Gasteiger partial charge in [0, 0.05) is 23.9 Å². The highest BCUT2D eigenvalue weighted by Crippen LogP contribution is 2.40. The Labute approximate surface area is 171 Å². The lowest BCUT2D eigenvalue weighted by Gasteiger charge is -2.10. The van der Waals surface area contributed by atoms with Crippen molar-refractivity contribution in [2.45, 2.75) is 13.1 Å². The van der Waals surface area contributed by atoms with E-state index in [1.807, 2.05) is 0 Å². The molecule has 0 aliphatic rings. The number of alkyl halides is 3. The van der Waals surface area contributed by atoms with E-state index in [1.54, 1.807) is 24.4 Å². The quantitative estimate of drug-likeness (QED) is 0.319. The van der Waals surface area contributed by atoms with Crippen molar-refractivity contribution in [3.05, 3.63) is 46.4 Å². The number of hydrogen-bond donors (Lipinski definition) is 0. The molecule has 3 aromatic heterocycles. The van der Waals surface area contributed by atoms with E-state index in [2.05, 4.69) is 10.1 Å². The maximum Gasteiger partial charge on any atom is 0.416 e. The number of methoxy groups -OCH3 is 1. The van der Waals surface area contributed by atoms with Crippen molar-refractivity contribution >= 4 is 50.1 Å². The molecule has 0 radical (unpaired) electrons. The minimum Gasteiger partial charge on any atom is -0.497 e. The first-order valence-electron chi connectivity index (χ1n) is 8.83. The molecule has 0 spiro atoms. The Morgan fingerprint density at radius 1 is 1.10 bits per heavy atom. The van der Waals surface area contributed by atoms with Gasteiger partial charge in [-0.1, -0.05) is 11.6 Å². The second kappa shape index (κ2) is 5.98. The summed E-state index contributed by atoms with van der Waals surface area (Å²) in [5.74, 6) is -0.279. The monoisotopic (exact) mass is 436 g/mol. The van der Waals surface area contributed by atoms with E-state index < -0.39 is 17.6 Å². The van der Waals surface area contributed by atoms with Crippen LogP contribution < -0.4 is 4.74 Å². The average molecular weight is 437 g/mol. The standard InChI is InChI=1S/C20H13ClF4N4O/c1-8-15-16-11(6-10(30-3)7-13(16)22)18-26-14-5-9(20(23,24)25)4-12(21)17(14)29(18)19(15)28(2)27-8/h4-7H,1-3H3. The molecule has 154 valence electrons. The maximum absolute atomic E-state index is 15.1. The molecular weight excluding hydrogens is 424 g/mol. The first kappa shape index (κ1) is 18.9. The zero-order valence-corrected chi connectivity index (χ0v) is 16.7. The molecule has 3 heterocycles. The van der Waals surface area contributed by atoms with Gasteiger partial charge in [0.1, 0.15) is 22.9 Å². The van der Waals surface area contributed by atoms with Gasteiger partial charge in [0.2, 0.25) is 0 Å². The van der Waals surface area contributed by atoms with Crippen LogP contribution in [0.4, 0.5) is 17.6 Å². The minimum atomic E-state index is -4.58. The van der Waals surface area contributed by atoms with Gasteiger partial charge in [0.05, 0.1) is 39.8 Å². The van der Waals surface area contributed by atoms with Crippen LogP contribution in [0.1, 0.15) is 11.3 Å². The Bertz CT molecular complexity index is 1520. The molecule has 10 heteroatoms. The Morgan fingerprint density at radius 3 is 2.50 bits per heavy atom. The van der Waals surface area contributed by atoms with Crippen LogP contribution in [0.25, 0.3) is 38.5 Å². The molecule has 0 saturated carbocycles. The van der Waals surface area contributed by atoms with Crippen LogP contribution in [0.2, 0.25) is 5.02 Å². The number of halogens is 5. The third kappa shape index (κ3) is 2.41. The zero-order valence-electron chi connectivity index (χ0n) is 15.9. The number of hydrogen-bond acceptors (Lipinski definition) is 3. The summed E-state index contributed by atoms with van der Waals surface area (Å²) in [5.41, 5.74) is 0.725. The lowest BCUT2D eigenvalue weighted by molar-refractivity contribution is -0.137. The predicted octanol–water partition coefficient (Wildman–Crippen LogP) is 5.66. The van der Waals surface area contributed by atoms with Crippen molar-refractivity contribution in [1.82, 2.24) is 19.2 Å². The first-order chi connectivity index (χ1) is 14.1. The van der Waals surface area contributed by atoms with Crippen molar-refractivity contribution in [3.63, 3.8) is 0 Å². The summed E-state index contributed by atoms with van der Waals surface area (Å²) < 4.78 is 63.4. The van der Waals surface area contributed by atoms with Gasteiger partial charge in [-0.15, -0.1) is 0 Å². The molecule has 0 unspecified atom stereocenters. The van der Waals surface area contributed by atoms with Crippen molar-refractivity contribution < 1.29 is 22.3 Å². The molecule has 0 atom stereocenters. The van der Waals surface area contributed by atoms with Crippen molar-refractivity contribution in [3.8, 4) is 5.75 Å². The second-order valence-electron chi connectivity index (χ2n) is 7.03. The molecule has 5 rings (SSSR count). The van der Waals surface area contributed by atoms with Crippen molar-refractivity contribution in [2.24, 2.45) is 7.05 Å². The average Bonchev–Trinajstić information content (AvgIpc) is 3.18. The molecule has 0 amide bonds. The molecule has 0 aliphatic carbocycles. The highest BCUT2D eigenvalue weighted by atomic mass is 35.5. The summed E-state index contributed by atoms with van der Waals surface area (Å²) in [6.07, 6.45) is -4.58. The lowest BCUT2D eigenvalue weighted by atomic mass is 10.1. The van der Waals surface area contributed by atoms with Crippen LogP contribution in [-0.4, -0.2) is 26.3 Å². The Balaban J connectivity index is 2.13. The number of ether oxygens (including phenoxy) is 1. The van der Waals surface area contributed by atoms with E-state index >= 15 is 4.39 Å². The Morgan fingerprint density at radius 2 is 1.83 bits per heavy atom. The number of fused-ring (bicyclic) bond motifs is 8. The number of benzene rings is 2. The molecular formula is C20H13ClF4N4O. The van der Waals surface area contributed by atoms with Gasteiger partial charge in [-0.25, -0.2) is 9.37 Å². The largest absolute Gasteiger partial charge is 0.497 e. The third-order valence-electron chi connectivity index (χ3n) is 5.23. The van der Waals surface area contributed by atoms with Crippen molar-refractivity contribution in [1.29, 1.82) is 0 Å². The van der Waals surface area contributed by atoms with Crippen LogP contribution in [0, 0.1) is 12.7 Å². The van der Waals surface area contributed by atoms with Gasteiger partial charge < -0.3 is 4.74 Å². The van der Waals surface area contributed by atoms with Gasteiger partial charge in [-0.05, 0) is 25.1 Å². The Hall–Kier alpha value is -3.07. The lowest BCUT2D eigenvalue weighted by Crippen LogP contribution is -2.05. The number of pyridine rings is 1. The summed E-state index contributed by atoms with van der Waals surface area (Å²) >= 11 is 6.30. The van der Waals surface area contributed by atoms with Gasteiger partial charge in [-0.3, -0.25) is 9.08 Å². The molecule has 0 N–H and O–H groups in total. The van der Waals surface area contributed by atoms with Gasteiger partial charge in [-0.2, -0.15) is 18.3 Å². The molecule has 5 nitrogen and oxygen atoms in total. The highest BCUT2D eigenvalue weighted by Gasteiger charge is 2.32. The fourth-order valence-electron chi connectivity index (χ4n) is 4.04. The van der Waals surface area contributed by atoms with E-state index in [0.29, 0.717) is 22.1 Å². The van der Waals surface area contributed by atoms with Gasteiger partial charge in [0.15, 0.2) is 0 Å². The molecule has 0 saturated heterocycles. The SMILES string of the molecule is COc1cc(F)c2c(c1)c1nc3cc(C(F)(F)F)cc(Cl)c3n1c1c2c(C)nn1C. The molecule has 0 bridgehead atoms. The summed E-state index contributed by atoms with van der Waals surface area (Å²) in [6.45, 7) is 1.74. The number of rotatable bonds is 1. The summed E-state index contributed by atoms with van der Waals surface area (Å²) in [4.78, 5) is 4.41. The molecule has 30 heavy (non-hydrogen) atoms. The number of aromatic nitrogens is 4. The van der Waals surface area contributed by atoms with Crippen LogP contribution in [0.5, 0.6) is 5.75 Å². The minimum absolute atomic E-state index is 0.0470. The highest BCUT2D eigenvalue weighted by molar-refractivity contribution is 6.35. The van der Waals surface area contributed by atoms with Crippen LogP contribution in [0.3, 0.4) is 0 Å². The predicted molar refractivity (Wildman–Crippen MR) is 106 cm³/mol. The van der Waals surface area contributed by atoms with Crippen LogP contribution in [0.15, 0.2) is 24.3 Å². The van der Waals surface area contributed by atoms with Crippen LogP contribution >= 0.6 is 11.6 Å². The maximum atomic E-state index is 15.1. The third-order valence-corrected chi connectivity index (χ3v) is 5.51. The van der Waals surface area contributed by atoms with E-state index in [1.165, 1.54) is 17.9 Å². The number of aryl methyl sites for hydroxylation is 2. The first-order valence-corrected chi connectivity index (χ1v) is 9.21. The van der Waals surface area contributed by atoms with Gasteiger partial charge >= 0.3 is 6.18 Å². The fourth-order valence-corrected chi connectivity index (χ4v) is 4.34. The molecule has 0 aliphatic heterocycles. The van der Waals surface area contributed by atoms with E-state index in [-0.39, 0.29) is 32.8 Å².